The molecule has 5 nitrogen and oxygen atoms in total. The number of hydrogen-bond donors (Lipinski definition) is 1. The third kappa shape index (κ3) is 4.18. The molecule has 0 amide bonds. The van der Waals surface area contributed by atoms with E-state index in [2.05, 4.69) is 59.8 Å². The molecule has 0 aromatic carbocycles. The minimum absolute atomic E-state index is 0.171. The predicted octanol–water partition coefficient (Wildman–Crippen LogP) is 1.71. The molecule has 2 aliphatic heterocycles. The van der Waals surface area contributed by atoms with Crippen molar-refractivity contribution < 1.29 is 0 Å². The molecule has 0 saturated carbocycles. The second-order valence-electron chi connectivity index (χ2n) is 8.36. The smallest absolute Gasteiger partial charge is 0.194 e. The maximum absolute atomic E-state index is 4.49. The summed E-state index contributed by atoms with van der Waals surface area (Å²) in [7, 11) is 4.12. The van der Waals surface area contributed by atoms with Gasteiger partial charge >= 0.3 is 0 Å². The monoisotopic (exact) mass is 323 g/mol. The first-order valence-corrected chi connectivity index (χ1v) is 9.17. The predicted molar refractivity (Wildman–Crippen MR) is 99.1 cm³/mol. The van der Waals surface area contributed by atoms with Crippen molar-refractivity contribution in [2.45, 2.75) is 46.1 Å². The number of nitrogens with one attached hydrogen (secondary N) is 1. The van der Waals surface area contributed by atoms with Crippen LogP contribution in [0.25, 0.3) is 0 Å². The molecule has 2 saturated heterocycles. The fourth-order valence-electron chi connectivity index (χ4n) is 3.52. The van der Waals surface area contributed by atoms with Crippen LogP contribution in [0.5, 0.6) is 0 Å². The molecule has 0 aromatic heterocycles. The molecule has 0 unspecified atom stereocenters. The van der Waals surface area contributed by atoms with Crippen LogP contribution in [0.15, 0.2) is 4.99 Å². The Morgan fingerprint density at radius 1 is 1.09 bits per heavy atom. The summed E-state index contributed by atoms with van der Waals surface area (Å²) < 4.78 is 0. The Morgan fingerprint density at radius 3 is 2.43 bits per heavy atom. The summed E-state index contributed by atoms with van der Waals surface area (Å²) in [5.41, 5.74) is 0.521. The van der Waals surface area contributed by atoms with Crippen molar-refractivity contribution in [3.8, 4) is 0 Å². The van der Waals surface area contributed by atoms with E-state index in [0.29, 0.717) is 5.41 Å². The Hall–Kier alpha value is -0.810. The van der Waals surface area contributed by atoms with Crippen LogP contribution in [0.3, 0.4) is 0 Å². The molecule has 0 bridgehead atoms. The first-order chi connectivity index (χ1) is 10.8. The molecule has 0 aromatic rings. The fourth-order valence-corrected chi connectivity index (χ4v) is 3.52. The molecular formula is C18H37N5. The highest BCUT2D eigenvalue weighted by Crippen LogP contribution is 2.46. The minimum Gasteiger partial charge on any atom is -0.356 e. The molecule has 0 radical (unpaired) electrons. The van der Waals surface area contributed by atoms with E-state index >= 15 is 0 Å². The Balaban J connectivity index is 1.71. The quantitative estimate of drug-likeness (QED) is 0.485. The van der Waals surface area contributed by atoms with Crippen molar-refractivity contribution in [2.75, 3.05) is 59.9 Å². The van der Waals surface area contributed by atoms with E-state index in [0.717, 1.165) is 19.0 Å². The number of guanidine groups is 1. The zero-order valence-electron chi connectivity index (χ0n) is 16.2. The number of hydrogen-bond acceptors (Lipinski definition) is 3. The summed E-state index contributed by atoms with van der Waals surface area (Å²) in [6.45, 7) is 17.5. The zero-order chi connectivity index (χ0) is 17.1. The first-order valence-electron chi connectivity index (χ1n) is 9.17. The maximum atomic E-state index is 4.49. The third-order valence-electron chi connectivity index (χ3n) is 6.10. The topological polar surface area (TPSA) is 34.1 Å². The summed E-state index contributed by atoms with van der Waals surface area (Å²) in [6, 6.07) is 0. The van der Waals surface area contributed by atoms with Gasteiger partial charge in [-0.3, -0.25) is 4.99 Å². The van der Waals surface area contributed by atoms with Gasteiger partial charge in [0.05, 0.1) is 0 Å². The van der Waals surface area contributed by atoms with E-state index in [1.807, 2.05) is 7.05 Å². The molecule has 1 N–H and O–H groups in total. The van der Waals surface area contributed by atoms with Crippen LogP contribution in [0.1, 0.15) is 40.5 Å². The van der Waals surface area contributed by atoms with Gasteiger partial charge in [0.15, 0.2) is 5.96 Å². The first kappa shape index (κ1) is 18.5. The second-order valence-corrected chi connectivity index (χ2v) is 8.36. The largest absolute Gasteiger partial charge is 0.356 e. The lowest BCUT2D eigenvalue weighted by atomic mass is 9.65. The number of aliphatic imine (C=N–C) groups is 1. The van der Waals surface area contributed by atoms with Crippen LogP contribution in [0.2, 0.25) is 0 Å². The highest BCUT2D eigenvalue weighted by atomic mass is 15.4. The van der Waals surface area contributed by atoms with E-state index in [1.165, 1.54) is 45.6 Å². The second kappa shape index (κ2) is 7.39. The number of nitrogens with zero attached hydrogens (tertiary/aromatic N) is 4. The third-order valence-corrected chi connectivity index (χ3v) is 6.10. The van der Waals surface area contributed by atoms with Gasteiger partial charge in [0.25, 0.3) is 0 Å². The van der Waals surface area contributed by atoms with Gasteiger partial charge in [-0.15, -0.1) is 0 Å². The number of likely N-dealkylation sites (N-methyl/N-ethyl adjacent to an activating group) is 1. The summed E-state index contributed by atoms with van der Waals surface area (Å²) >= 11 is 0. The van der Waals surface area contributed by atoms with Crippen LogP contribution in [0.4, 0.5) is 0 Å². The molecule has 2 fully saturated rings. The van der Waals surface area contributed by atoms with Crippen molar-refractivity contribution in [1.82, 2.24) is 20.0 Å². The molecule has 5 heteroatoms. The van der Waals surface area contributed by atoms with Gasteiger partial charge in [-0.1, -0.05) is 13.8 Å². The summed E-state index contributed by atoms with van der Waals surface area (Å²) in [5.74, 6) is 1.06. The molecule has 134 valence electrons. The Kier molecular flexibility index (Phi) is 5.95. The normalized spacial score (nSPS) is 25.8. The SMILES string of the molecule is CN=C(NCCCN1CCCN(C)CC1)N1CC(C)(C)C1(C)C. The van der Waals surface area contributed by atoms with Gasteiger partial charge in [-0.05, 0) is 53.4 Å². The van der Waals surface area contributed by atoms with Crippen LogP contribution >= 0.6 is 0 Å². The van der Waals surface area contributed by atoms with Crippen molar-refractivity contribution in [1.29, 1.82) is 0 Å². The van der Waals surface area contributed by atoms with E-state index in [-0.39, 0.29) is 5.54 Å². The average molecular weight is 324 g/mol. The standard InChI is InChI=1S/C18H37N5/c1-17(2)15-23(18(17,3)4)16(19-5)20-9-7-11-22-12-8-10-21(6)13-14-22/h7-15H2,1-6H3,(H,19,20). The number of likely N-dealkylation sites (tertiary alicyclic amines) is 1. The molecule has 0 spiro atoms. The highest BCUT2D eigenvalue weighted by molar-refractivity contribution is 5.81. The number of rotatable bonds is 4. The summed E-state index contributed by atoms with van der Waals surface area (Å²) in [5, 5.41) is 3.57. The molecule has 23 heavy (non-hydrogen) atoms. The molecule has 0 aliphatic carbocycles. The van der Waals surface area contributed by atoms with Crippen LogP contribution < -0.4 is 5.32 Å². The highest BCUT2D eigenvalue weighted by Gasteiger charge is 2.53. The van der Waals surface area contributed by atoms with Gasteiger partial charge in [0.1, 0.15) is 0 Å². The molecule has 2 heterocycles. The molecule has 2 aliphatic rings. The fraction of sp³-hybridized carbons (Fsp3) is 0.944. The van der Waals surface area contributed by atoms with E-state index in [4.69, 9.17) is 0 Å². The lowest BCUT2D eigenvalue weighted by Gasteiger charge is -2.62. The minimum atomic E-state index is 0.171. The van der Waals surface area contributed by atoms with Gasteiger partial charge in [-0.25, -0.2) is 0 Å². The Bertz CT molecular complexity index is 416. The van der Waals surface area contributed by atoms with Crippen molar-refractivity contribution in [3.05, 3.63) is 0 Å². The zero-order valence-corrected chi connectivity index (χ0v) is 16.2. The molecule has 0 atom stereocenters. The van der Waals surface area contributed by atoms with Crippen LogP contribution in [-0.2, 0) is 0 Å². The average Bonchev–Trinajstić information content (AvgIpc) is 2.70. The van der Waals surface area contributed by atoms with Gasteiger partial charge < -0.3 is 20.0 Å². The summed E-state index contributed by atoms with van der Waals surface area (Å²) in [6.07, 6.45) is 2.48. The van der Waals surface area contributed by atoms with Gasteiger partial charge in [-0.2, -0.15) is 0 Å². The van der Waals surface area contributed by atoms with Gasteiger partial charge in [0.2, 0.25) is 0 Å². The van der Waals surface area contributed by atoms with Gasteiger partial charge in [0, 0.05) is 44.2 Å². The van der Waals surface area contributed by atoms with Crippen LogP contribution in [-0.4, -0.2) is 86.1 Å². The van der Waals surface area contributed by atoms with E-state index < -0.39 is 0 Å². The Morgan fingerprint density at radius 2 is 1.83 bits per heavy atom. The maximum Gasteiger partial charge on any atom is 0.194 e. The van der Waals surface area contributed by atoms with E-state index in [1.54, 1.807) is 0 Å². The van der Waals surface area contributed by atoms with Crippen molar-refractivity contribution >= 4 is 5.96 Å². The molecular weight excluding hydrogens is 286 g/mol. The van der Waals surface area contributed by atoms with E-state index in [9.17, 15) is 0 Å². The lowest BCUT2D eigenvalue weighted by molar-refractivity contribution is -0.0667. The summed E-state index contributed by atoms with van der Waals surface area (Å²) in [4.78, 5) is 11.9. The van der Waals surface area contributed by atoms with Crippen LogP contribution in [0, 0.1) is 5.41 Å². The van der Waals surface area contributed by atoms with Crippen molar-refractivity contribution in [3.63, 3.8) is 0 Å². The Labute approximate surface area is 143 Å². The van der Waals surface area contributed by atoms with Crippen molar-refractivity contribution in [2.24, 2.45) is 10.4 Å². The molecule has 2 rings (SSSR count). The lowest BCUT2D eigenvalue weighted by Crippen LogP contribution is -2.72.